The molecule has 0 radical (unpaired) electrons. The van der Waals surface area contributed by atoms with Gasteiger partial charge in [-0.05, 0) is 124 Å². The molecule has 0 fully saturated rings. The Morgan fingerprint density at radius 3 is 1.50 bits per heavy atom. The van der Waals surface area contributed by atoms with Gasteiger partial charge in [0.25, 0.3) is 0 Å². The van der Waals surface area contributed by atoms with Crippen molar-refractivity contribution in [2.45, 2.75) is 0 Å². The maximum absolute atomic E-state index is 4.72. The molecular weight excluding hydrogens is 653 g/mol. The van der Waals surface area contributed by atoms with E-state index < -0.39 is 0 Å². The smallest absolute Gasteiger partial charge is 0.0886 e. The molecule has 0 aliphatic heterocycles. The molecule has 2 aromatic heterocycles. The van der Waals surface area contributed by atoms with E-state index in [1.807, 2.05) is 30.5 Å². The maximum atomic E-state index is 4.72. The maximum Gasteiger partial charge on any atom is 0.0886 e. The van der Waals surface area contributed by atoms with Crippen molar-refractivity contribution < 1.29 is 0 Å². The van der Waals surface area contributed by atoms with Crippen molar-refractivity contribution in [1.82, 2.24) is 9.97 Å². The Hall–Kier alpha value is -7.16. The average Bonchev–Trinajstić information content (AvgIpc) is 3.58. The Bertz CT molecular complexity index is 2970. The second-order valence-corrected chi connectivity index (χ2v) is 14.1. The van der Waals surface area contributed by atoms with E-state index in [1.165, 1.54) is 88.0 Å². The first kappa shape index (κ1) is 30.5. The summed E-state index contributed by atoms with van der Waals surface area (Å²) in [6.45, 7) is 0. The summed E-state index contributed by atoms with van der Waals surface area (Å²) in [5.41, 5.74) is 16.8. The first-order valence-electron chi connectivity index (χ1n) is 18.5. The third-order valence-corrected chi connectivity index (χ3v) is 11.1. The number of rotatable bonds is 5. The molecule has 8 aromatic carbocycles. The van der Waals surface area contributed by atoms with E-state index in [9.17, 15) is 0 Å². The number of hydrogen-bond donors (Lipinski definition) is 0. The molecule has 0 bridgehead atoms. The van der Waals surface area contributed by atoms with Crippen LogP contribution in [0.3, 0.4) is 0 Å². The standard InChI is InChI=1S/C52H32N2/c1-3-12-33(13-4-1)48-42-16-7-8-17-43(42)49(34-14-5-2-6-15-34)52-45-27-26-40(41-18-11-19-44(50(41)45)51(48)52)38-24-23-35-30-37(22-21-36(35)31-38)39-25-28-47(54-32-39)46-20-9-10-29-53-46/h1-32H. The summed E-state index contributed by atoms with van der Waals surface area (Å²) in [4.78, 5) is 9.17. The minimum atomic E-state index is 0.874. The highest BCUT2D eigenvalue weighted by molar-refractivity contribution is 6.28. The van der Waals surface area contributed by atoms with Crippen LogP contribution in [-0.2, 0) is 0 Å². The molecule has 54 heavy (non-hydrogen) atoms. The van der Waals surface area contributed by atoms with Crippen LogP contribution in [0, 0.1) is 0 Å². The molecule has 11 rings (SSSR count). The van der Waals surface area contributed by atoms with Gasteiger partial charge in [-0.25, -0.2) is 0 Å². The third-order valence-electron chi connectivity index (χ3n) is 11.1. The van der Waals surface area contributed by atoms with E-state index in [0.717, 1.165) is 22.5 Å². The van der Waals surface area contributed by atoms with Gasteiger partial charge in [0.1, 0.15) is 0 Å². The fourth-order valence-corrected chi connectivity index (χ4v) is 8.68. The van der Waals surface area contributed by atoms with E-state index in [0.29, 0.717) is 0 Å². The summed E-state index contributed by atoms with van der Waals surface area (Å²) in [7, 11) is 0. The Labute approximate surface area is 313 Å². The number of nitrogens with zero attached hydrogens (tertiary/aromatic N) is 2. The highest BCUT2D eigenvalue weighted by Gasteiger charge is 2.31. The summed E-state index contributed by atoms with van der Waals surface area (Å²) in [6.07, 6.45) is 3.75. The Morgan fingerprint density at radius 1 is 0.296 bits per heavy atom. The van der Waals surface area contributed by atoms with Crippen molar-refractivity contribution >= 4 is 32.3 Å². The minimum Gasteiger partial charge on any atom is -0.255 e. The van der Waals surface area contributed by atoms with Gasteiger partial charge < -0.3 is 0 Å². The normalized spacial score (nSPS) is 11.7. The Kier molecular flexibility index (Phi) is 6.90. The molecule has 0 N–H and O–H groups in total. The van der Waals surface area contributed by atoms with Gasteiger partial charge in [-0.3, -0.25) is 9.97 Å². The van der Waals surface area contributed by atoms with Crippen LogP contribution in [0.5, 0.6) is 0 Å². The van der Waals surface area contributed by atoms with Crippen LogP contribution in [0.25, 0.3) is 110 Å². The fourth-order valence-electron chi connectivity index (χ4n) is 8.68. The average molecular weight is 685 g/mol. The summed E-state index contributed by atoms with van der Waals surface area (Å²) in [5, 5.41) is 7.57. The molecule has 250 valence electrons. The van der Waals surface area contributed by atoms with Crippen LogP contribution < -0.4 is 0 Å². The highest BCUT2D eigenvalue weighted by atomic mass is 14.8. The summed E-state index contributed by atoms with van der Waals surface area (Å²) in [5.74, 6) is 0. The third kappa shape index (κ3) is 4.74. The highest BCUT2D eigenvalue weighted by Crippen LogP contribution is 2.58. The van der Waals surface area contributed by atoms with Crippen molar-refractivity contribution in [2.24, 2.45) is 0 Å². The van der Waals surface area contributed by atoms with Gasteiger partial charge in [-0.15, -0.1) is 0 Å². The number of hydrogen-bond acceptors (Lipinski definition) is 2. The molecule has 0 unspecified atom stereocenters. The predicted octanol–water partition coefficient (Wildman–Crippen LogP) is 13.9. The molecule has 0 spiro atoms. The second-order valence-electron chi connectivity index (χ2n) is 14.1. The molecule has 0 saturated carbocycles. The van der Waals surface area contributed by atoms with E-state index >= 15 is 0 Å². The molecule has 0 amide bonds. The summed E-state index contributed by atoms with van der Waals surface area (Å²) in [6, 6.07) is 66.1. The number of aromatic nitrogens is 2. The topological polar surface area (TPSA) is 25.8 Å². The lowest BCUT2D eigenvalue weighted by Gasteiger charge is -2.20. The molecule has 2 heteroatoms. The lowest BCUT2D eigenvalue weighted by atomic mass is 9.82. The lowest BCUT2D eigenvalue weighted by molar-refractivity contribution is 1.25. The molecule has 0 atom stereocenters. The van der Waals surface area contributed by atoms with Crippen LogP contribution in [0.4, 0.5) is 0 Å². The van der Waals surface area contributed by atoms with E-state index in [4.69, 9.17) is 4.98 Å². The monoisotopic (exact) mass is 684 g/mol. The van der Waals surface area contributed by atoms with Crippen molar-refractivity contribution in [3.05, 3.63) is 194 Å². The van der Waals surface area contributed by atoms with Gasteiger partial charge in [-0.2, -0.15) is 0 Å². The zero-order valence-corrected chi connectivity index (χ0v) is 29.4. The largest absolute Gasteiger partial charge is 0.255 e. The lowest BCUT2D eigenvalue weighted by Crippen LogP contribution is -1.93. The number of benzene rings is 8. The number of fused-ring (bicyclic) bond motifs is 5. The van der Waals surface area contributed by atoms with Crippen LogP contribution >= 0.6 is 0 Å². The summed E-state index contributed by atoms with van der Waals surface area (Å²) >= 11 is 0. The molecule has 10 aromatic rings. The zero-order valence-electron chi connectivity index (χ0n) is 29.4. The Balaban J connectivity index is 1.07. The fraction of sp³-hybridized carbons (Fsp3) is 0. The summed E-state index contributed by atoms with van der Waals surface area (Å²) < 4.78 is 0. The van der Waals surface area contributed by atoms with Gasteiger partial charge in [0.2, 0.25) is 0 Å². The Morgan fingerprint density at radius 2 is 0.852 bits per heavy atom. The number of pyridine rings is 2. The first-order chi connectivity index (χ1) is 26.8. The van der Waals surface area contributed by atoms with Crippen LogP contribution in [0.15, 0.2) is 194 Å². The predicted molar refractivity (Wildman–Crippen MR) is 226 cm³/mol. The van der Waals surface area contributed by atoms with Crippen molar-refractivity contribution in [3.8, 4) is 78.1 Å². The van der Waals surface area contributed by atoms with Crippen molar-refractivity contribution in [2.75, 3.05) is 0 Å². The van der Waals surface area contributed by atoms with Crippen molar-refractivity contribution in [3.63, 3.8) is 0 Å². The van der Waals surface area contributed by atoms with Crippen LogP contribution in [0.2, 0.25) is 0 Å². The molecule has 1 aliphatic rings. The van der Waals surface area contributed by atoms with Gasteiger partial charge in [0.05, 0.1) is 11.4 Å². The molecule has 1 aliphatic carbocycles. The van der Waals surface area contributed by atoms with Gasteiger partial charge in [0.15, 0.2) is 0 Å². The minimum absolute atomic E-state index is 0.874. The van der Waals surface area contributed by atoms with Crippen molar-refractivity contribution in [1.29, 1.82) is 0 Å². The van der Waals surface area contributed by atoms with E-state index in [1.54, 1.807) is 6.20 Å². The second kappa shape index (κ2) is 12.2. The SMILES string of the molecule is c1ccc(-c2c3c(c(-c4ccccc4)c4ccccc24)-c2ccc(-c4ccc5cc(-c6ccc(-c7ccccn7)nc6)ccc5c4)c4cccc-3c24)cc1. The van der Waals surface area contributed by atoms with Gasteiger partial charge in [0, 0.05) is 18.0 Å². The van der Waals surface area contributed by atoms with Gasteiger partial charge >= 0.3 is 0 Å². The molecule has 0 saturated heterocycles. The quantitative estimate of drug-likeness (QED) is 0.180. The van der Waals surface area contributed by atoms with Crippen LogP contribution in [-0.4, -0.2) is 9.97 Å². The van der Waals surface area contributed by atoms with Crippen LogP contribution in [0.1, 0.15) is 0 Å². The zero-order chi connectivity index (χ0) is 35.6. The molecule has 2 heterocycles. The van der Waals surface area contributed by atoms with Gasteiger partial charge in [-0.1, -0.05) is 152 Å². The first-order valence-corrected chi connectivity index (χ1v) is 18.5. The van der Waals surface area contributed by atoms with E-state index in [-0.39, 0.29) is 0 Å². The molecular formula is C52H32N2. The molecule has 2 nitrogen and oxygen atoms in total. The van der Waals surface area contributed by atoms with E-state index in [2.05, 4.69) is 163 Å².